The molecule has 0 atom stereocenters. The topological polar surface area (TPSA) is 29.5 Å². The van der Waals surface area contributed by atoms with Gasteiger partial charge in [0.1, 0.15) is 5.75 Å². The molecule has 0 saturated heterocycles. The van der Waals surface area contributed by atoms with Crippen molar-refractivity contribution >= 4 is 33.2 Å². The van der Waals surface area contributed by atoms with Gasteiger partial charge in [0.25, 0.3) is 5.91 Å². The van der Waals surface area contributed by atoms with Crippen LogP contribution in [0.1, 0.15) is 20.8 Å². The smallest absolute Gasteiger partial charge is 0.257 e. The summed E-state index contributed by atoms with van der Waals surface area (Å²) < 4.78 is 6.17. The van der Waals surface area contributed by atoms with Crippen LogP contribution in [0.2, 0.25) is 0 Å². The van der Waals surface area contributed by atoms with Crippen molar-refractivity contribution < 1.29 is 9.53 Å². The maximum Gasteiger partial charge on any atom is 0.257 e. The number of halogens is 1. The Morgan fingerprint density at radius 1 is 1.40 bits per heavy atom. The molecule has 0 saturated carbocycles. The number of hydrogen-bond acceptors (Lipinski definition) is 3. The number of thiophene rings is 1. The molecule has 0 fully saturated rings. The molecule has 0 N–H and O–H groups in total. The molecule has 1 amide bonds. The summed E-state index contributed by atoms with van der Waals surface area (Å²) >= 11 is 5.05. The van der Waals surface area contributed by atoms with Crippen LogP contribution < -0.4 is 4.74 Å². The summed E-state index contributed by atoms with van der Waals surface area (Å²) in [6.45, 7) is 2.67. The molecule has 5 heteroatoms. The van der Waals surface area contributed by atoms with E-state index in [4.69, 9.17) is 4.74 Å². The molecule has 106 valence electrons. The molecule has 0 aliphatic carbocycles. The molecule has 0 aliphatic heterocycles. The number of carbonyl (C=O) groups is 1. The van der Waals surface area contributed by atoms with Crippen LogP contribution in [0.4, 0.5) is 0 Å². The van der Waals surface area contributed by atoms with Crippen molar-refractivity contribution in [3.05, 3.63) is 50.1 Å². The number of ether oxygens (including phenoxy) is 1. The standard InChI is InChI=1S/C15H16BrNO2S/c1-10-6-7-20-14(10)9-17(2)15(18)12-5-4-11(16)8-13(12)19-3/h4-8H,9H2,1-3H3. The fraction of sp³-hybridized carbons (Fsp3) is 0.267. The molecule has 0 aliphatic rings. The first kappa shape index (κ1) is 15.1. The van der Waals surface area contributed by atoms with Crippen molar-refractivity contribution in [2.45, 2.75) is 13.5 Å². The summed E-state index contributed by atoms with van der Waals surface area (Å²) in [6.07, 6.45) is 0. The van der Waals surface area contributed by atoms with Gasteiger partial charge in [0, 0.05) is 16.4 Å². The fourth-order valence-corrected chi connectivity index (χ4v) is 3.20. The summed E-state index contributed by atoms with van der Waals surface area (Å²) in [7, 11) is 3.38. The van der Waals surface area contributed by atoms with E-state index in [1.54, 1.807) is 35.5 Å². The Balaban J connectivity index is 2.20. The third kappa shape index (κ3) is 3.22. The van der Waals surface area contributed by atoms with Crippen LogP contribution in [-0.4, -0.2) is 25.0 Å². The third-order valence-electron chi connectivity index (χ3n) is 3.09. The Bertz CT molecular complexity index is 624. The number of rotatable bonds is 4. The van der Waals surface area contributed by atoms with Gasteiger partial charge in [0.2, 0.25) is 0 Å². The van der Waals surface area contributed by atoms with Crippen molar-refractivity contribution in [3.63, 3.8) is 0 Å². The van der Waals surface area contributed by atoms with E-state index in [0.29, 0.717) is 17.9 Å². The summed E-state index contributed by atoms with van der Waals surface area (Å²) in [4.78, 5) is 15.4. The van der Waals surface area contributed by atoms with Crippen LogP contribution in [-0.2, 0) is 6.54 Å². The second-order valence-electron chi connectivity index (χ2n) is 4.53. The fourth-order valence-electron chi connectivity index (χ4n) is 1.90. The SMILES string of the molecule is COc1cc(Br)ccc1C(=O)N(C)Cc1sccc1C. The second-order valence-corrected chi connectivity index (χ2v) is 6.45. The van der Waals surface area contributed by atoms with Crippen LogP contribution in [0, 0.1) is 6.92 Å². The quantitative estimate of drug-likeness (QED) is 0.827. The lowest BCUT2D eigenvalue weighted by molar-refractivity contribution is 0.0783. The van der Waals surface area contributed by atoms with Crippen molar-refractivity contribution in [2.24, 2.45) is 0 Å². The maximum atomic E-state index is 12.5. The molecule has 2 rings (SSSR count). The zero-order valence-corrected chi connectivity index (χ0v) is 14.0. The Kier molecular flexibility index (Phi) is 4.83. The minimum absolute atomic E-state index is 0.0397. The molecule has 0 unspecified atom stereocenters. The Hall–Kier alpha value is -1.33. The summed E-state index contributed by atoms with van der Waals surface area (Å²) in [6, 6.07) is 7.50. The number of methoxy groups -OCH3 is 1. The van der Waals surface area contributed by atoms with Crippen LogP contribution in [0.3, 0.4) is 0 Å². The van der Waals surface area contributed by atoms with Gasteiger partial charge in [-0.05, 0) is 42.1 Å². The van der Waals surface area contributed by atoms with Gasteiger partial charge in [-0.25, -0.2) is 0 Å². The van der Waals surface area contributed by atoms with E-state index in [1.165, 1.54) is 10.4 Å². The molecule has 1 aromatic carbocycles. The monoisotopic (exact) mass is 353 g/mol. The molecule has 0 radical (unpaired) electrons. The van der Waals surface area contributed by atoms with E-state index in [-0.39, 0.29) is 5.91 Å². The van der Waals surface area contributed by atoms with E-state index in [9.17, 15) is 4.79 Å². The van der Waals surface area contributed by atoms with E-state index >= 15 is 0 Å². The second kappa shape index (κ2) is 6.41. The molecular weight excluding hydrogens is 338 g/mol. The predicted molar refractivity (Wildman–Crippen MR) is 85.5 cm³/mol. The zero-order valence-electron chi connectivity index (χ0n) is 11.6. The summed E-state index contributed by atoms with van der Waals surface area (Å²) in [5.74, 6) is 0.543. The molecule has 0 spiro atoms. The first-order valence-electron chi connectivity index (χ1n) is 6.15. The minimum atomic E-state index is -0.0397. The lowest BCUT2D eigenvalue weighted by Gasteiger charge is -2.18. The van der Waals surface area contributed by atoms with Crippen molar-refractivity contribution in [2.75, 3.05) is 14.2 Å². The number of amides is 1. The van der Waals surface area contributed by atoms with E-state index in [1.807, 2.05) is 18.5 Å². The van der Waals surface area contributed by atoms with Gasteiger partial charge in [0.15, 0.2) is 0 Å². The average molecular weight is 354 g/mol. The number of nitrogens with zero attached hydrogens (tertiary/aromatic N) is 1. The van der Waals surface area contributed by atoms with Gasteiger partial charge in [-0.1, -0.05) is 15.9 Å². The van der Waals surface area contributed by atoms with Gasteiger partial charge in [-0.3, -0.25) is 4.79 Å². The van der Waals surface area contributed by atoms with Gasteiger partial charge in [-0.15, -0.1) is 11.3 Å². The van der Waals surface area contributed by atoms with Gasteiger partial charge in [-0.2, -0.15) is 0 Å². The molecule has 2 aromatic rings. The molecule has 20 heavy (non-hydrogen) atoms. The highest BCUT2D eigenvalue weighted by Crippen LogP contribution is 2.25. The van der Waals surface area contributed by atoms with Gasteiger partial charge < -0.3 is 9.64 Å². The maximum absolute atomic E-state index is 12.5. The Labute approximate surface area is 131 Å². The van der Waals surface area contributed by atoms with Crippen LogP contribution >= 0.6 is 27.3 Å². The van der Waals surface area contributed by atoms with Crippen LogP contribution in [0.5, 0.6) is 5.75 Å². The molecule has 3 nitrogen and oxygen atoms in total. The lowest BCUT2D eigenvalue weighted by atomic mass is 10.1. The minimum Gasteiger partial charge on any atom is -0.496 e. The van der Waals surface area contributed by atoms with Gasteiger partial charge in [0.05, 0.1) is 19.2 Å². The summed E-state index contributed by atoms with van der Waals surface area (Å²) in [5.41, 5.74) is 1.80. The third-order valence-corrected chi connectivity index (χ3v) is 4.59. The van der Waals surface area contributed by atoms with Crippen molar-refractivity contribution in [1.29, 1.82) is 0 Å². The highest BCUT2D eigenvalue weighted by atomic mass is 79.9. The van der Waals surface area contributed by atoms with E-state index < -0.39 is 0 Å². The molecule has 1 heterocycles. The average Bonchev–Trinajstić information content (AvgIpc) is 2.83. The first-order chi connectivity index (χ1) is 9.52. The van der Waals surface area contributed by atoms with Crippen molar-refractivity contribution in [1.82, 2.24) is 4.90 Å². The van der Waals surface area contributed by atoms with Crippen LogP contribution in [0.25, 0.3) is 0 Å². The highest BCUT2D eigenvalue weighted by molar-refractivity contribution is 9.10. The van der Waals surface area contributed by atoms with Crippen molar-refractivity contribution in [3.8, 4) is 5.75 Å². The predicted octanol–water partition coefficient (Wildman–Crippen LogP) is 4.10. The lowest BCUT2D eigenvalue weighted by Crippen LogP contribution is -2.26. The molecule has 1 aromatic heterocycles. The number of hydrogen-bond donors (Lipinski definition) is 0. The normalized spacial score (nSPS) is 10.4. The Morgan fingerprint density at radius 3 is 2.75 bits per heavy atom. The van der Waals surface area contributed by atoms with Gasteiger partial charge >= 0.3 is 0 Å². The van der Waals surface area contributed by atoms with Crippen LogP contribution in [0.15, 0.2) is 34.1 Å². The number of aryl methyl sites for hydroxylation is 1. The summed E-state index contributed by atoms with van der Waals surface area (Å²) in [5, 5.41) is 2.04. The van der Waals surface area contributed by atoms with E-state index in [0.717, 1.165) is 4.47 Å². The highest BCUT2D eigenvalue weighted by Gasteiger charge is 2.17. The first-order valence-corrected chi connectivity index (χ1v) is 7.82. The Morgan fingerprint density at radius 2 is 2.15 bits per heavy atom. The largest absolute Gasteiger partial charge is 0.496 e. The molecular formula is C15H16BrNO2S. The van der Waals surface area contributed by atoms with E-state index in [2.05, 4.69) is 28.9 Å². The zero-order chi connectivity index (χ0) is 14.7. The number of carbonyl (C=O) groups excluding carboxylic acids is 1. The number of benzene rings is 1. The molecule has 0 bridgehead atoms.